The summed E-state index contributed by atoms with van der Waals surface area (Å²) >= 11 is 4.99. The van der Waals surface area contributed by atoms with Gasteiger partial charge in [0.2, 0.25) is 4.77 Å². The van der Waals surface area contributed by atoms with Gasteiger partial charge in [-0.05, 0) is 50.2 Å². The van der Waals surface area contributed by atoms with Crippen LogP contribution in [-0.2, 0) is 0 Å². The first-order valence-corrected chi connectivity index (χ1v) is 6.75. The Balaban J connectivity index is 2.15. The third-order valence-corrected chi connectivity index (χ3v) is 3.76. The molecule has 0 aliphatic rings. The van der Waals surface area contributed by atoms with E-state index in [1.54, 1.807) is 6.20 Å². The Morgan fingerprint density at radius 3 is 2.65 bits per heavy atom. The predicted molar refractivity (Wildman–Crippen MR) is 80.5 cm³/mol. The smallest absolute Gasteiger partial charge is 0.213 e. The van der Waals surface area contributed by atoms with Gasteiger partial charge in [0.15, 0.2) is 5.82 Å². The van der Waals surface area contributed by atoms with Gasteiger partial charge >= 0.3 is 0 Å². The van der Waals surface area contributed by atoms with Crippen molar-refractivity contribution in [3.63, 3.8) is 0 Å². The van der Waals surface area contributed by atoms with Gasteiger partial charge in [-0.15, -0.1) is 0 Å². The van der Waals surface area contributed by atoms with E-state index in [4.69, 9.17) is 12.2 Å². The topological polar surface area (TPSA) is 62.3 Å². The molecule has 6 heteroatoms. The van der Waals surface area contributed by atoms with Crippen LogP contribution >= 0.6 is 12.2 Å². The Morgan fingerprint density at radius 1 is 1.15 bits per heavy atom. The van der Waals surface area contributed by atoms with Crippen molar-refractivity contribution >= 4 is 12.2 Å². The van der Waals surface area contributed by atoms with Gasteiger partial charge in [0.25, 0.3) is 0 Å². The molecule has 20 heavy (non-hydrogen) atoms. The minimum absolute atomic E-state index is 0.443. The number of nitrogens with one attached hydrogen (secondary N) is 2. The van der Waals surface area contributed by atoms with Crippen LogP contribution in [0.25, 0.3) is 17.1 Å². The van der Waals surface area contributed by atoms with Crippen molar-refractivity contribution in [1.29, 1.82) is 0 Å². The fraction of sp³-hybridized carbons (Fsp3) is 0.214. The maximum atomic E-state index is 4.99. The molecule has 0 saturated carbocycles. The number of aryl methyl sites for hydroxylation is 1. The van der Waals surface area contributed by atoms with Gasteiger partial charge in [0.1, 0.15) is 0 Å². The fourth-order valence-electron chi connectivity index (χ4n) is 2.25. The zero-order valence-electron chi connectivity index (χ0n) is 11.6. The number of aromatic amines is 2. The zero-order valence-corrected chi connectivity index (χ0v) is 12.4. The second-order valence-corrected chi connectivity index (χ2v) is 5.18. The first-order chi connectivity index (χ1) is 9.58. The van der Waals surface area contributed by atoms with Crippen LogP contribution in [0.5, 0.6) is 0 Å². The maximum absolute atomic E-state index is 4.99. The van der Waals surface area contributed by atoms with Crippen molar-refractivity contribution in [3.05, 3.63) is 46.0 Å². The van der Waals surface area contributed by atoms with Crippen molar-refractivity contribution in [2.45, 2.75) is 20.8 Å². The van der Waals surface area contributed by atoms with Crippen LogP contribution in [0.15, 0.2) is 24.4 Å². The van der Waals surface area contributed by atoms with E-state index in [1.165, 1.54) is 11.1 Å². The summed E-state index contributed by atoms with van der Waals surface area (Å²) in [6.45, 7) is 6.23. The van der Waals surface area contributed by atoms with Gasteiger partial charge < -0.3 is 0 Å². The molecule has 0 fully saturated rings. The van der Waals surface area contributed by atoms with E-state index >= 15 is 0 Å². The predicted octanol–water partition coefficient (Wildman–Crippen LogP) is 3.25. The van der Waals surface area contributed by atoms with Crippen LogP contribution in [0.4, 0.5) is 0 Å². The highest BCUT2D eigenvalue weighted by molar-refractivity contribution is 7.71. The number of hydrogen-bond acceptors (Lipinski definition) is 3. The number of aromatic nitrogens is 5. The van der Waals surface area contributed by atoms with Crippen molar-refractivity contribution < 1.29 is 0 Å². The van der Waals surface area contributed by atoms with Crippen LogP contribution in [0, 0.1) is 25.5 Å². The molecule has 0 saturated heterocycles. The highest BCUT2D eigenvalue weighted by Crippen LogP contribution is 2.24. The van der Waals surface area contributed by atoms with Crippen LogP contribution in [-0.4, -0.2) is 25.0 Å². The quantitative estimate of drug-likeness (QED) is 0.710. The summed E-state index contributed by atoms with van der Waals surface area (Å²) in [5.41, 5.74) is 5.52. The molecule has 2 N–H and O–H groups in total. The fourth-order valence-corrected chi connectivity index (χ4v) is 2.39. The third kappa shape index (κ3) is 1.98. The van der Waals surface area contributed by atoms with Crippen molar-refractivity contribution in [1.82, 2.24) is 25.0 Å². The lowest BCUT2D eigenvalue weighted by Gasteiger charge is -2.10. The second-order valence-electron chi connectivity index (χ2n) is 4.79. The highest BCUT2D eigenvalue weighted by Gasteiger charge is 2.13. The molecule has 2 heterocycles. The molecule has 0 aliphatic carbocycles. The Bertz CT molecular complexity index is 824. The van der Waals surface area contributed by atoms with Gasteiger partial charge in [-0.2, -0.15) is 10.1 Å². The molecule has 0 atom stereocenters. The van der Waals surface area contributed by atoms with Gasteiger partial charge in [-0.3, -0.25) is 10.2 Å². The van der Waals surface area contributed by atoms with Gasteiger partial charge in [0.05, 0.1) is 23.1 Å². The maximum Gasteiger partial charge on any atom is 0.213 e. The molecule has 2 aromatic heterocycles. The zero-order chi connectivity index (χ0) is 14.3. The third-order valence-electron chi connectivity index (χ3n) is 3.57. The van der Waals surface area contributed by atoms with Crippen LogP contribution < -0.4 is 0 Å². The average molecular weight is 285 g/mol. The van der Waals surface area contributed by atoms with Crippen LogP contribution in [0.1, 0.15) is 16.8 Å². The van der Waals surface area contributed by atoms with Crippen molar-refractivity contribution in [2.24, 2.45) is 0 Å². The monoisotopic (exact) mass is 285 g/mol. The molecule has 0 spiro atoms. The number of benzene rings is 1. The van der Waals surface area contributed by atoms with E-state index < -0.39 is 0 Å². The number of rotatable bonds is 2. The Kier molecular flexibility index (Phi) is 3.02. The van der Waals surface area contributed by atoms with Crippen molar-refractivity contribution in [3.8, 4) is 17.1 Å². The molecule has 0 amide bonds. The molecular weight excluding hydrogens is 270 g/mol. The lowest BCUT2D eigenvalue weighted by molar-refractivity contribution is 0.838. The summed E-state index contributed by atoms with van der Waals surface area (Å²) in [4.78, 5) is 4.24. The minimum atomic E-state index is 0.443. The highest BCUT2D eigenvalue weighted by atomic mass is 32.1. The molecule has 1 aromatic carbocycles. The summed E-state index contributed by atoms with van der Waals surface area (Å²) < 4.78 is 2.38. The summed E-state index contributed by atoms with van der Waals surface area (Å²) in [7, 11) is 0. The van der Waals surface area contributed by atoms with E-state index in [0.29, 0.717) is 10.6 Å². The number of nitrogens with zero attached hydrogens (tertiary/aromatic N) is 3. The van der Waals surface area contributed by atoms with Crippen LogP contribution in [0.3, 0.4) is 0 Å². The molecule has 0 radical (unpaired) electrons. The minimum Gasteiger partial charge on any atom is -0.282 e. The number of hydrogen-bond donors (Lipinski definition) is 2. The summed E-state index contributed by atoms with van der Waals surface area (Å²) in [6.07, 6.45) is 1.80. The molecule has 0 unspecified atom stereocenters. The second kappa shape index (κ2) is 4.72. The Morgan fingerprint density at radius 2 is 1.95 bits per heavy atom. The molecule has 3 aromatic rings. The molecule has 0 bridgehead atoms. The van der Waals surface area contributed by atoms with Crippen LogP contribution in [0.2, 0.25) is 0 Å². The van der Waals surface area contributed by atoms with Crippen molar-refractivity contribution in [2.75, 3.05) is 0 Å². The molecule has 5 nitrogen and oxygen atoms in total. The molecular formula is C14H15N5S. The Hall–Kier alpha value is -2.21. The summed E-state index contributed by atoms with van der Waals surface area (Å²) in [6, 6.07) is 6.21. The van der Waals surface area contributed by atoms with Gasteiger partial charge in [0, 0.05) is 0 Å². The number of H-pyrrole nitrogens is 2. The normalized spacial score (nSPS) is 10.9. The molecule has 102 valence electrons. The van der Waals surface area contributed by atoms with Gasteiger partial charge in [-0.25, -0.2) is 4.68 Å². The van der Waals surface area contributed by atoms with E-state index in [-0.39, 0.29) is 0 Å². The van der Waals surface area contributed by atoms with Gasteiger partial charge in [-0.1, -0.05) is 12.1 Å². The standard InChI is InChI=1S/C14H15N5S/c1-8-5-4-6-12(9(8)2)19-10(3)11(7-15-19)13-16-14(20)18-17-13/h4-7H,1-3H3,(H2,16,17,18,20). The molecule has 0 aliphatic heterocycles. The lowest BCUT2D eigenvalue weighted by Crippen LogP contribution is -2.02. The summed E-state index contributed by atoms with van der Waals surface area (Å²) in [5, 5.41) is 10.2. The van der Waals surface area contributed by atoms with E-state index in [2.05, 4.69) is 46.3 Å². The SMILES string of the molecule is Cc1cccc(-n2ncc(-c3nc(=S)[nH][nH]3)c2C)c1C. The van der Waals surface area contributed by atoms with E-state index in [9.17, 15) is 0 Å². The molecule has 3 rings (SSSR count). The first-order valence-electron chi connectivity index (χ1n) is 6.34. The first kappa shape index (κ1) is 12.8. The largest absolute Gasteiger partial charge is 0.282 e. The van der Waals surface area contributed by atoms with E-state index in [1.807, 2.05) is 17.7 Å². The average Bonchev–Trinajstić information content (AvgIpc) is 2.99. The summed E-state index contributed by atoms with van der Waals surface area (Å²) in [5.74, 6) is 0.712. The lowest BCUT2D eigenvalue weighted by atomic mass is 10.1. The van der Waals surface area contributed by atoms with E-state index in [0.717, 1.165) is 16.9 Å². The Labute approximate surface area is 121 Å².